The smallest absolute Gasteiger partial charge is 0.286 e. The molecule has 2 aliphatic rings. The molecular weight excluding hydrogens is 425 g/mol. The molecule has 1 aromatic carbocycles. The maximum Gasteiger partial charge on any atom is 0.286 e. The van der Waals surface area contributed by atoms with Gasteiger partial charge in [0.15, 0.2) is 0 Å². The van der Waals surface area contributed by atoms with Crippen molar-refractivity contribution in [2.24, 2.45) is 5.92 Å². The van der Waals surface area contributed by atoms with Gasteiger partial charge in [-0.3, -0.25) is 14.4 Å². The molecule has 2 aromatic rings. The number of nitrogens with zero attached hydrogens (tertiary/aromatic N) is 4. The monoisotopic (exact) mass is 447 g/mol. The van der Waals surface area contributed by atoms with E-state index in [1.165, 1.54) is 24.3 Å². The first-order valence-corrected chi connectivity index (χ1v) is 10.9. The van der Waals surface area contributed by atoms with Gasteiger partial charge >= 0.3 is 0 Å². The fourth-order valence-corrected chi connectivity index (χ4v) is 4.33. The minimum absolute atomic E-state index is 0.0463. The second-order valence-electron chi connectivity index (χ2n) is 7.38. The summed E-state index contributed by atoms with van der Waals surface area (Å²) >= 11 is 0.906. The summed E-state index contributed by atoms with van der Waals surface area (Å²) < 4.78 is 18.3. The Kier molecular flexibility index (Phi) is 6.52. The summed E-state index contributed by atoms with van der Waals surface area (Å²) in [6.45, 7) is 3.28. The molecule has 11 heteroatoms. The normalized spacial score (nSPS) is 17.5. The largest absolute Gasteiger partial charge is 0.378 e. The van der Waals surface area contributed by atoms with Crippen molar-refractivity contribution in [1.29, 1.82) is 0 Å². The number of anilines is 1. The quantitative estimate of drug-likeness (QED) is 0.764. The Morgan fingerprint density at radius 3 is 2.29 bits per heavy atom. The van der Waals surface area contributed by atoms with E-state index in [1.54, 1.807) is 4.90 Å². The average molecular weight is 447 g/mol. The first kappa shape index (κ1) is 21.3. The number of hydrogen-bond donors (Lipinski definition) is 1. The second-order valence-corrected chi connectivity index (χ2v) is 8.36. The van der Waals surface area contributed by atoms with Crippen LogP contribution < -0.4 is 5.32 Å². The van der Waals surface area contributed by atoms with Gasteiger partial charge in [-0.05, 0) is 37.1 Å². The first-order valence-electron chi connectivity index (χ1n) is 10.1. The highest BCUT2D eigenvalue weighted by Gasteiger charge is 2.32. The Hall–Kier alpha value is -2.92. The van der Waals surface area contributed by atoms with E-state index in [9.17, 15) is 18.8 Å². The molecule has 0 atom stereocenters. The number of amides is 3. The number of piperidine rings is 1. The molecule has 0 aliphatic carbocycles. The topological polar surface area (TPSA) is 105 Å². The zero-order chi connectivity index (χ0) is 21.8. The van der Waals surface area contributed by atoms with Crippen LogP contribution in [0.2, 0.25) is 0 Å². The Morgan fingerprint density at radius 2 is 1.61 bits per heavy atom. The number of halogens is 1. The summed E-state index contributed by atoms with van der Waals surface area (Å²) in [5.74, 6) is -1.18. The van der Waals surface area contributed by atoms with Gasteiger partial charge in [0.25, 0.3) is 11.8 Å². The van der Waals surface area contributed by atoms with Crippen molar-refractivity contribution in [2.75, 3.05) is 44.7 Å². The molecule has 2 aliphatic heterocycles. The van der Waals surface area contributed by atoms with Gasteiger partial charge in [0.1, 0.15) is 5.82 Å². The molecule has 31 heavy (non-hydrogen) atoms. The minimum atomic E-state index is -0.516. The van der Waals surface area contributed by atoms with Crippen molar-refractivity contribution in [3.05, 3.63) is 40.1 Å². The van der Waals surface area contributed by atoms with Gasteiger partial charge in [-0.1, -0.05) is 11.3 Å². The summed E-state index contributed by atoms with van der Waals surface area (Å²) in [4.78, 5) is 41.2. The average Bonchev–Trinajstić information content (AvgIpc) is 3.31. The Bertz CT molecular complexity index is 953. The van der Waals surface area contributed by atoms with E-state index in [2.05, 4.69) is 15.5 Å². The lowest BCUT2D eigenvalue weighted by Crippen LogP contribution is -2.47. The van der Waals surface area contributed by atoms with Crippen LogP contribution in [0.3, 0.4) is 0 Å². The maximum absolute atomic E-state index is 13.0. The van der Waals surface area contributed by atoms with Crippen molar-refractivity contribution in [1.82, 2.24) is 20.0 Å². The highest BCUT2D eigenvalue weighted by molar-refractivity contribution is 7.15. The lowest BCUT2D eigenvalue weighted by molar-refractivity contribution is -0.141. The maximum atomic E-state index is 13.0. The lowest BCUT2D eigenvalue weighted by Gasteiger charge is -2.35. The van der Waals surface area contributed by atoms with E-state index < -0.39 is 11.7 Å². The van der Waals surface area contributed by atoms with Crippen LogP contribution in [0.4, 0.5) is 10.1 Å². The molecule has 1 aromatic heterocycles. The van der Waals surface area contributed by atoms with Gasteiger partial charge in [0.2, 0.25) is 15.9 Å². The molecule has 164 valence electrons. The van der Waals surface area contributed by atoms with Crippen LogP contribution in [0, 0.1) is 11.7 Å². The van der Waals surface area contributed by atoms with Gasteiger partial charge in [-0.2, -0.15) is 0 Å². The predicted molar refractivity (Wildman–Crippen MR) is 110 cm³/mol. The molecule has 2 fully saturated rings. The number of carbonyl (C=O) groups is 3. The van der Waals surface area contributed by atoms with Crippen molar-refractivity contribution < 1.29 is 23.5 Å². The van der Waals surface area contributed by atoms with Crippen LogP contribution in [-0.2, 0) is 9.53 Å². The standard InChI is InChI=1S/C20H22FN5O4S/c21-14-1-3-15(4-2-14)22-16(27)17-23-24-18(31-17)20(29)25-7-5-13(6-8-25)19(28)26-9-11-30-12-10-26/h1-4,13H,5-12H2,(H,22,27). The molecular formula is C20H22FN5O4S. The third kappa shape index (κ3) is 5.05. The second kappa shape index (κ2) is 9.48. The number of nitrogens with one attached hydrogen (secondary N) is 1. The first-order chi connectivity index (χ1) is 15.0. The van der Waals surface area contributed by atoms with Gasteiger partial charge in [0.05, 0.1) is 13.2 Å². The van der Waals surface area contributed by atoms with Gasteiger partial charge in [0, 0.05) is 37.8 Å². The number of ether oxygens (including phenoxy) is 1. The fraction of sp³-hybridized carbons (Fsp3) is 0.450. The SMILES string of the molecule is O=C(Nc1ccc(F)cc1)c1nnc(C(=O)N2CCC(C(=O)N3CCOCC3)CC2)s1. The van der Waals surface area contributed by atoms with Crippen LogP contribution in [0.15, 0.2) is 24.3 Å². The molecule has 4 rings (SSSR count). The molecule has 3 amide bonds. The summed E-state index contributed by atoms with van der Waals surface area (Å²) in [5, 5.41) is 10.4. The van der Waals surface area contributed by atoms with Crippen molar-refractivity contribution in [3.8, 4) is 0 Å². The third-order valence-corrected chi connectivity index (χ3v) is 6.27. The Labute approximate surface area is 182 Å². The van der Waals surface area contributed by atoms with E-state index in [0.29, 0.717) is 57.9 Å². The van der Waals surface area contributed by atoms with Crippen LogP contribution in [-0.4, -0.2) is 77.1 Å². The van der Waals surface area contributed by atoms with E-state index in [4.69, 9.17) is 4.74 Å². The number of rotatable bonds is 4. The number of carbonyl (C=O) groups excluding carboxylic acids is 3. The summed E-state index contributed by atoms with van der Waals surface area (Å²) in [5.41, 5.74) is 0.418. The lowest BCUT2D eigenvalue weighted by atomic mass is 9.95. The number of aromatic nitrogens is 2. The van der Waals surface area contributed by atoms with E-state index >= 15 is 0 Å². The summed E-state index contributed by atoms with van der Waals surface area (Å²) in [6.07, 6.45) is 1.19. The van der Waals surface area contributed by atoms with Gasteiger partial charge < -0.3 is 19.9 Å². The zero-order valence-electron chi connectivity index (χ0n) is 16.8. The molecule has 9 nitrogen and oxygen atoms in total. The number of morpholine rings is 1. The highest BCUT2D eigenvalue weighted by atomic mass is 32.1. The molecule has 0 spiro atoms. The molecule has 3 heterocycles. The minimum Gasteiger partial charge on any atom is -0.378 e. The summed E-state index contributed by atoms with van der Waals surface area (Å²) in [6, 6.07) is 5.33. The zero-order valence-corrected chi connectivity index (χ0v) is 17.6. The Morgan fingerprint density at radius 1 is 0.968 bits per heavy atom. The van der Waals surface area contributed by atoms with Gasteiger partial charge in [-0.15, -0.1) is 10.2 Å². The Balaban J connectivity index is 1.31. The fourth-order valence-electron chi connectivity index (χ4n) is 3.63. The molecule has 0 radical (unpaired) electrons. The van der Waals surface area contributed by atoms with Crippen molar-refractivity contribution in [2.45, 2.75) is 12.8 Å². The number of likely N-dealkylation sites (tertiary alicyclic amines) is 1. The molecule has 2 saturated heterocycles. The van der Waals surface area contributed by atoms with E-state index in [1.807, 2.05) is 4.90 Å². The van der Waals surface area contributed by atoms with Crippen LogP contribution in [0.5, 0.6) is 0 Å². The predicted octanol–water partition coefficient (Wildman–Crippen LogP) is 1.64. The molecule has 0 bridgehead atoms. The number of hydrogen-bond acceptors (Lipinski definition) is 7. The number of benzene rings is 1. The summed E-state index contributed by atoms with van der Waals surface area (Å²) in [7, 11) is 0. The van der Waals surface area contributed by atoms with Crippen LogP contribution in [0.25, 0.3) is 0 Å². The van der Waals surface area contributed by atoms with Crippen molar-refractivity contribution in [3.63, 3.8) is 0 Å². The molecule has 1 N–H and O–H groups in total. The van der Waals surface area contributed by atoms with Crippen LogP contribution >= 0.6 is 11.3 Å². The van der Waals surface area contributed by atoms with Crippen LogP contribution in [0.1, 0.15) is 32.4 Å². The van der Waals surface area contributed by atoms with E-state index in [0.717, 1.165) is 11.3 Å². The van der Waals surface area contributed by atoms with E-state index in [-0.39, 0.29) is 27.7 Å². The highest BCUT2D eigenvalue weighted by Crippen LogP contribution is 2.23. The molecule has 0 unspecified atom stereocenters. The van der Waals surface area contributed by atoms with Gasteiger partial charge in [-0.25, -0.2) is 4.39 Å². The molecule has 0 saturated carbocycles. The van der Waals surface area contributed by atoms with Crippen molar-refractivity contribution >= 4 is 34.7 Å². The third-order valence-electron chi connectivity index (χ3n) is 5.36.